The van der Waals surface area contributed by atoms with E-state index in [1.54, 1.807) is 6.20 Å². The average molecular weight is 250 g/mol. The number of carboxylic acid groups (broad SMARTS) is 1. The molecule has 1 aromatic heterocycles. The van der Waals surface area contributed by atoms with E-state index in [1.165, 1.54) is 11.8 Å². The minimum absolute atomic E-state index is 0.261. The Bertz CT molecular complexity index is 467. The summed E-state index contributed by atoms with van der Waals surface area (Å²) in [5, 5.41) is 10.4. The Hall–Kier alpha value is -1.10. The molecule has 1 unspecified atom stereocenters. The normalized spacial score (nSPS) is 34.4. The lowest BCUT2D eigenvalue weighted by atomic mass is 9.95. The Labute approximate surface area is 104 Å². The van der Waals surface area contributed by atoms with Crippen molar-refractivity contribution in [1.29, 1.82) is 0 Å². The molecule has 3 rings (SSSR count). The minimum Gasteiger partial charge on any atom is -0.480 e. The highest BCUT2D eigenvalue weighted by atomic mass is 32.2. The quantitative estimate of drug-likeness (QED) is 0.656. The van der Waals surface area contributed by atoms with E-state index in [2.05, 4.69) is 9.97 Å². The smallest absolute Gasteiger partial charge is 0.318 e. The monoisotopic (exact) mass is 250 g/mol. The number of aliphatic carboxylic acids is 1. The van der Waals surface area contributed by atoms with Gasteiger partial charge in [-0.2, -0.15) is 0 Å². The summed E-state index contributed by atoms with van der Waals surface area (Å²) >= 11 is 1.52. The van der Waals surface area contributed by atoms with Gasteiger partial charge in [-0.1, -0.05) is 6.42 Å². The topological polar surface area (TPSA) is 63.1 Å². The van der Waals surface area contributed by atoms with Gasteiger partial charge in [0.15, 0.2) is 0 Å². The molecule has 1 heterocycles. The summed E-state index contributed by atoms with van der Waals surface area (Å²) in [6.45, 7) is 0. The molecule has 1 aromatic rings. The van der Waals surface area contributed by atoms with Crippen LogP contribution in [0.5, 0.6) is 0 Å². The zero-order valence-corrected chi connectivity index (χ0v) is 10.4. The molecule has 3 atom stereocenters. The van der Waals surface area contributed by atoms with Crippen LogP contribution < -0.4 is 0 Å². The van der Waals surface area contributed by atoms with Crippen LogP contribution in [0.1, 0.15) is 25.1 Å². The third-order valence-corrected chi connectivity index (χ3v) is 4.79. The van der Waals surface area contributed by atoms with Crippen LogP contribution in [0.4, 0.5) is 0 Å². The maximum absolute atomic E-state index is 11.6. The van der Waals surface area contributed by atoms with E-state index in [-0.39, 0.29) is 11.8 Å². The minimum atomic E-state index is -0.774. The largest absolute Gasteiger partial charge is 0.480 e. The second-order valence-corrected chi connectivity index (χ2v) is 5.57. The van der Waals surface area contributed by atoms with E-state index in [0.717, 1.165) is 24.3 Å². The van der Waals surface area contributed by atoms with Crippen molar-refractivity contribution in [3.05, 3.63) is 18.1 Å². The second kappa shape index (κ2) is 3.70. The first-order chi connectivity index (χ1) is 8.21. The van der Waals surface area contributed by atoms with Crippen molar-refractivity contribution in [3.63, 3.8) is 0 Å². The summed E-state index contributed by atoms with van der Waals surface area (Å²) in [4.78, 5) is 20.2. The summed E-state index contributed by atoms with van der Waals surface area (Å²) < 4.78 is 0. The van der Waals surface area contributed by atoms with Gasteiger partial charge in [-0.15, -0.1) is 11.8 Å². The van der Waals surface area contributed by atoms with Crippen molar-refractivity contribution < 1.29 is 9.90 Å². The Kier molecular flexibility index (Phi) is 2.40. The molecule has 0 saturated heterocycles. The molecule has 2 aliphatic rings. The summed E-state index contributed by atoms with van der Waals surface area (Å²) in [5.41, 5.74) is -0.774. The number of carboxylic acids is 1. The van der Waals surface area contributed by atoms with Crippen LogP contribution in [0.15, 0.2) is 17.3 Å². The molecule has 5 heteroatoms. The molecule has 17 heavy (non-hydrogen) atoms. The number of hydrogen-bond acceptors (Lipinski definition) is 4. The van der Waals surface area contributed by atoms with Gasteiger partial charge in [0.05, 0.1) is 5.03 Å². The molecule has 0 aromatic carbocycles. The molecular formula is C12H14N2O2S. The number of hydrogen-bond donors (Lipinski definition) is 1. The lowest BCUT2D eigenvalue weighted by Gasteiger charge is -2.14. The predicted molar refractivity (Wildman–Crippen MR) is 64.0 cm³/mol. The van der Waals surface area contributed by atoms with Crippen LogP contribution in [0.2, 0.25) is 0 Å². The third-order valence-electron chi connectivity index (χ3n) is 4.14. The molecule has 90 valence electrons. The highest BCUT2D eigenvalue weighted by molar-refractivity contribution is 7.98. The van der Waals surface area contributed by atoms with Crippen molar-refractivity contribution in [1.82, 2.24) is 9.97 Å². The second-order valence-electron chi connectivity index (χ2n) is 4.74. The Morgan fingerprint density at radius 2 is 2.24 bits per heavy atom. The summed E-state index contributed by atoms with van der Waals surface area (Å²) in [5.74, 6) is 0.297. The Morgan fingerprint density at radius 3 is 2.82 bits per heavy atom. The fourth-order valence-corrected chi connectivity index (χ4v) is 3.73. The zero-order valence-electron chi connectivity index (χ0n) is 9.59. The number of rotatable bonds is 3. The van der Waals surface area contributed by atoms with E-state index in [9.17, 15) is 9.90 Å². The SMILES string of the molecule is CSc1ccnc(C2(C(=O)O)[C@@H]3CCC[C@@H]32)n1. The molecule has 0 radical (unpaired) electrons. The van der Waals surface area contributed by atoms with Crippen molar-refractivity contribution >= 4 is 17.7 Å². The summed E-state index contributed by atoms with van der Waals surface area (Å²) in [6.07, 6.45) is 6.76. The first-order valence-corrected chi connectivity index (χ1v) is 7.04. The van der Waals surface area contributed by atoms with Gasteiger partial charge in [-0.3, -0.25) is 4.79 Å². The number of nitrogens with zero attached hydrogens (tertiary/aromatic N) is 2. The van der Waals surface area contributed by atoms with E-state index in [1.807, 2.05) is 12.3 Å². The summed E-state index contributed by atoms with van der Waals surface area (Å²) in [7, 11) is 0. The van der Waals surface area contributed by atoms with Crippen LogP contribution in [0, 0.1) is 11.8 Å². The number of thioether (sulfide) groups is 1. The number of fused-ring (bicyclic) bond motifs is 1. The third kappa shape index (κ3) is 1.35. The van der Waals surface area contributed by atoms with Crippen LogP contribution in [-0.2, 0) is 10.2 Å². The van der Waals surface area contributed by atoms with Gasteiger partial charge in [-0.25, -0.2) is 9.97 Å². The fraction of sp³-hybridized carbons (Fsp3) is 0.583. The lowest BCUT2D eigenvalue weighted by Crippen LogP contribution is -2.28. The first kappa shape index (κ1) is 11.0. The van der Waals surface area contributed by atoms with E-state index >= 15 is 0 Å². The predicted octanol–water partition coefficient (Wildman–Crippen LogP) is 1.95. The van der Waals surface area contributed by atoms with Gasteiger partial charge in [0.25, 0.3) is 0 Å². The van der Waals surface area contributed by atoms with Gasteiger partial charge in [0, 0.05) is 6.20 Å². The van der Waals surface area contributed by atoms with Crippen LogP contribution in [0.25, 0.3) is 0 Å². The Morgan fingerprint density at radius 1 is 1.53 bits per heavy atom. The van der Waals surface area contributed by atoms with Gasteiger partial charge >= 0.3 is 5.97 Å². The van der Waals surface area contributed by atoms with Crippen LogP contribution in [-0.4, -0.2) is 27.3 Å². The molecule has 2 aliphatic carbocycles. The highest BCUT2D eigenvalue weighted by Crippen LogP contribution is 2.67. The first-order valence-electron chi connectivity index (χ1n) is 5.82. The molecule has 0 aliphatic heterocycles. The lowest BCUT2D eigenvalue weighted by molar-refractivity contribution is -0.141. The standard InChI is InChI=1S/C12H14N2O2S/c1-17-9-5-6-13-10(14-9)12(11(15)16)7-3-2-4-8(7)12/h5-8H,2-4H2,1H3,(H,15,16)/t7-,8+,12?. The zero-order chi connectivity index (χ0) is 12.0. The molecule has 0 spiro atoms. The van der Waals surface area contributed by atoms with Gasteiger partial charge < -0.3 is 5.11 Å². The molecule has 2 fully saturated rings. The van der Waals surface area contributed by atoms with Crippen molar-refractivity contribution in [2.45, 2.75) is 29.7 Å². The van der Waals surface area contributed by atoms with Crippen LogP contribution in [0.3, 0.4) is 0 Å². The van der Waals surface area contributed by atoms with E-state index < -0.39 is 11.4 Å². The molecular weight excluding hydrogens is 236 g/mol. The molecule has 0 amide bonds. The van der Waals surface area contributed by atoms with Crippen LogP contribution >= 0.6 is 11.8 Å². The fourth-order valence-electron chi connectivity index (χ4n) is 3.35. The maximum atomic E-state index is 11.6. The van der Waals surface area contributed by atoms with Crippen molar-refractivity contribution in [2.24, 2.45) is 11.8 Å². The summed E-state index contributed by atoms with van der Waals surface area (Å²) in [6, 6.07) is 1.82. The maximum Gasteiger partial charge on any atom is 0.318 e. The van der Waals surface area contributed by atoms with Crippen molar-refractivity contribution in [2.75, 3.05) is 6.26 Å². The number of carbonyl (C=O) groups is 1. The van der Waals surface area contributed by atoms with E-state index in [4.69, 9.17) is 0 Å². The molecule has 4 nitrogen and oxygen atoms in total. The van der Waals surface area contributed by atoms with Gasteiger partial charge in [-0.05, 0) is 37.0 Å². The molecule has 2 saturated carbocycles. The van der Waals surface area contributed by atoms with E-state index in [0.29, 0.717) is 5.82 Å². The highest BCUT2D eigenvalue weighted by Gasteiger charge is 2.73. The van der Waals surface area contributed by atoms with Crippen molar-refractivity contribution in [3.8, 4) is 0 Å². The number of aromatic nitrogens is 2. The average Bonchev–Trinajstić information content (AvgIpc) is 2.73. The van der Waals surface area contributed by atoms with Gasteiger partial charge in [0.2, 0.25) is 0 Å². The molecule has 0 bridgehead atoms. The molecule has 1 N–H and O–H groups in total. The van der Waals surface area contributed by atoms with Gasteiger partial charge in [0.1, 0.15) is 11.2 Å². The Balaban J connectivity index is 2.03.